The molecule has 124 valence electrons. The molecule has 0 aliphatic rings. The predicted molar refractivity (Wildman–Crippen MR) is 93.6 cm³/mol. The van der Waals surface area contributed by atoms with E-state index < -0.39 is 17.5 Å². The topological polar surface area (TPSA) is 86.5 Å². The van der Waals surface area contributed by atoms with Gasteiger partial charge in [-0.05, 0) is 30.5 Å². The van der Waals surface area contributed by atoms with Crippen LogP contribution in [0.15, 0.2) is 51.8 Å². The third-order valence-corrected chi connectivity index (χ3v) is 4.43. The zero-order valence-corrected chi connectivity index (χ0v) is 14.9. The van der Waals surface area contributed by atoms with Gasteiger partial charge in [0.05, 0.1) is 15.4 Å². The maximum absolute atomic E-state index is 12.0. The minimum absolute atomic E-state index is 0.0307. The quantitative estimate of drug-likeness (QED) is 0.234. The number of carbonyl (C=O) groups is 2. The maximum atomic E-state index is 12.0. The van der Waals surface area contributed by atoms with Gasteiger partial charge in [0.15, 0.2) is 12.4 Å². The Hall–Kier alpha value is -2.19. The normalized spacial score (nSPS) is 10.2. The van der Waals surface area contributed by atoms with Crippen molar-refractivity contribution < 1.29 is 19.2 Å². The van der Waals surface area contributed by atoms with Crippen LogP contribution in [0.3, 0.4) is 0 Å². The molecule has 0 bridgehead atoms. The number of thioether (sulfide) groups is 1. The van der Waals surface area contributed by atoms with Crippen LogP contribution in [0.2, 0.25) is 0 Å². The van der Waals surface area contributed by atoms with Crippen molar-refractivity contribution in [2.75, 3.05) is 12.9 Å². The number of benzene rings is 2. The predicted octanol–water partition coefficient (Wildman–Crippen LogP) is 4.12. The number of ketones is 1. The van der Waals surface area contributed by atoms with Crippen molar-refractivity contribution in [1.82, 2.24) is 0 Å². The molecule has 0 fully saturated rings. The number of nitro benzene ring substituents is 1. The van der Waals surface area contributed by atoms with Gasteiger partial charge in [0.2, 0.25) is 0 Å². The molecule has 8 heteroatoms. The van der Waals surface area contributed by atoms with Gasteiger partial charge in [-0.3, -0.25) is 14.9 Å². The van der Waals surface area contributed by atoms with Crippen LogP contribution in [-0.2, 0) is 4.74 Å². The van der Waals surface area contributed by atoms with Gasteiger partial charge < -0.3 is 4.74 Å². The highest BCUT2D eigenvalue weighted by Gasteiger charge is 2.18. The van der Waals surface area contributed by atoms with Crippen molar-refractivity contribution in [3.8, 4) is 0 Å². The van der Waals surface area contributed by atoms with E-state index in [4.69, 9.17) is 4.74 Å². The first-order valence-corrected chi connectivity index (χ1v) is 8.72. The lowest BCUT2D eigenvalue weighted by molar-refractivity contribution is -0.387. The first-order valence-electron chi connectivity index (χ1n) is 6.70. The zero-order chi connectivity index (χ0) is 17.7. The Morgan fingerprint density at radius 1 is 1.17 bits per heavy atom. The summed E-state index contributed by atoms with van der Waals surface area (Å²) in [6.45, 7) is -0.432. The van der Waals surface area contributed by atoms with E-state index >= 15 is 0 Å². The van der Waals surface area contributed by atoms with Crippen LogP contribution in [0.25, 0.3) is 0 Å². The fourth-order valence-electron chi connectivity index (χ4n) is 1.89. The Bertz CT molecular complexity index is 792. The van der Waals surface area contributed by atoms with Crippen molar-refractivity contribution in [1.29, 1.82) is 0 Å². The molecule has 0 saturated carbocycles. The van der Waals surface area contributed by atoms with Gasteiger partial charge in [-0.1, -0.05) is 28.1 Å². The second kappa shape index (κ2) is 8.07. The first-order chi connectivity index (χ1) is 11.4. The first kappa shape index (κ1) is 18.2. The number of rotatable bonds is 6. The van der Waals surface area contributed by atoms with E-state index in [1.54, 1.807) is 30.5 Å². The van der Waals surface area contributed by atoms with Crippen LogP contribution >= 0.6 is 27.7 Å². The highest BCUT2D eigenvalue weighted by molar-refractivity contribution is 9.10. The molecule has 2 aromatic rings. The van der Waals surface area contributed by atoms with Crippen LogP contribution in [0.5, 0.6) is 0 Å². The molecule has 0 spiro atoms. The molecule has 0 aromatic heterocycles. The number of nitrogens with zero attached hydrogens (tertiary/aromatic N) is 1. The molecule has 0 unspecified atom stereocenters. The number of Topliss-reactive ketones (excluding diaryl/α,β-unsaturated/α-hetero) is 1. The molecule has 0 aliphatic heterocycles. The molecule has 2 rings (SSSR count). The fraction of sp³-hybridized carbons (Fsp3) is 0.125. The van der Waals surface area contributed by atoms with E-state index in [0.717, 1.165) is 10.5 Å². The molecule has 24 heavy (non-hydrogen) atoms. The lowest BCUT2D eigenvalue weighted by Gasteiger charge is -2.06. The van der Waals surface area contributed by atoms with Crippen molar-refractivity contribution in [2.24, 2.45) is 0 Å². The molecule has 0 amide bonds. The Morgan fingerprint density at radius 3 is 2.38 bits per heavy atom. The summed E-state index contributed by atoms with van der Waals surface area (Å²) in [7, 11) is 0. The fourth-order valence-corrected chi connectivity index (χ4v) is 2.70. The Morgan fingerprint density at radius 2 is 1.79 bits per heavy atom. The molecule has 6 nitrogen and oxygen atoms in total. The molecule has 0 saturated heterocycles. The van der Waals surface area contributed by atoms with E-state index in [1.165, 1.54) is 23.9 Å². The van der Waals surface area contributed by atoms with Crippen molar-refractivity contribution in [3.63, 3.8) is 0 Å². The van der Waals surface area contributed by atoms with Crippen molar-refractivity contribution >= 4 is 45.1 Å². The third kappa shape index (κ3) is 4.42. The van der Waals surface area contributed by atoms with E-state index in [-0.39, 0.29) is 17.0 Å². The van der Waals surface area contributed by atoms with Gasteiger partial charge in [-0.25, -0.2) is 4.79 Å². The number of ether oxygens (including phenoxy) is 1. The number of hydrogen-bond donors (Lipinski definition) is 0. The summed E-state index contributed by atoms with van der Waals surface area (Å²) in [5.74, 6) is -1.14. The third-order valence-electron chi connectivity index (χ3n) is 3.11. The number of carbonyl (C=O) groups excluding carboxylic acids is 2. The van der Waals surface area contributed by atoms with Crippen LogP contribution in [0.1, 0.15) is 20.7 Å². The molecule has 2 aromatic carbocycles. The van der Waals surface area contributed by atoms with Crippen molar-refractivity contribution in [2.45, 2.75) is 4.90 Å². The minimum atomic E-state index is -0.781. The van der Waals surface area contributed by atoms with Gasteiger partial charge in [0, 0.05) is 16.1 Å². The summed E-state index contributed by atoms with van der Waals surface area (Å²) < 4.78 is 5.78. The average Bonchev–Trinajstić information content (AvgIpc) is 2.59. The standard InChI is InChI=1S/C16H12BrNO5S/c1-24-15-7-4-11(8-13(15)18(21)22)16(20)23-9-14(19)10-2-5-12(17)6-3-10/h2-8H,9H2,1H3. The average molecular weight is 410 g/mol. The number of halogens is 1. The molecule has 0 heterocycles. The van der Waals surface area contributed by atoms with Crippen LogP contribution in [-0.4, -0.2) is 29.5 Å². The number of hydrogen-bond acceptors (Lipinski definition) is 6. The Kier molecular flexibility index (Phi) is 6.10. The molecule has 0 aliphatic carbocycles. The maximum Gasteiger partial charge on any atom is 0.338 e. The van der Waals surface area contributed by atoms with Gasteiger partial charge in [0.25, 0.3) is 5.69 Å². The number of esters is 1. The van der Waals surface area contributed by atoms with E-state index in [2.05, 4.69) is 15.9 Å². The second-order valence-electron chi connectivity index (χ2n) is 4.65. The summed E-state index contributed by atoms with van der Waals surface area (Å²) >= 11 is 4.47. The number of nitro groups is 1. The van der Waals surface area contributed by atoms with Gasteiger partial charge >= 0.3 is 5.97 Å². The molecule has 0 atom stereocenters. The SMILES string of the molecule is CSc1ccc(C(=O)OCC(=O)c2ccc(Br)cc2)cc1[N+](=O)[O-]. The molecular weight excluding hydrogens is 398 g/mol. The zero-order valence-electron chi connectivity index (χ0n) is 12.5. The summed E-state index contributed by atoms with van der Waals surface area (Å²) in [4.78, 5) is 34.9. The lowest BCUT2D eigenvalue weighted by Crippen LogP contribution is -2.14. The van der Waals surface area contributed by atoms with Crippen LogP contribution < -0.4 is 0 Å². The van der Waals surface area contributed by atoms with Gasteiger partial charge in [0.1, 0.15) is 0 Å². The molecular formula is C16H12BrNO5S. The van der Waals surface area contributed by atoms with E-state index in [1.807, 2.05) is 0 Å². The van der Waals surface area contributed by atoms with Gasteiger partial charge in [-0.2, -0.15) is 0 Å². The highest BCUT2D eigenvalue weighted by atomic mass is 79.9. The van der Waals surface area contributed by atoms with Crippen LogP contribution in [0.4, 0.5) is 5.69 Å². The monoisotopic (exact) mass is 409 g/mol. The van der Waals surface area contributed by atoms with Crippen molar-refractivity contribution in [3.05, 3.63) is 68.2 Å². The molecule has 0 radical (unpaired) electrons. The van der Waals surface area contributed by atoms with E-state index in [0.29, 0.717) is 10.5 Å². The summed E-state index contributed by atoms with van der Waals surface area (Å²) in [5.41, 5.74) is 0.272. The van der Waals surface area contributed by atoms with Gasteiger partial charge in [-0.15, -0.1) is 11.8 Å². The largest absolute Gasteiger partial charge is 0.454 e. The highest BCUT2D eigenvalue weighted by Crippen LogP contribution is 2.28. The summed E-state index contributed by atoms with van der Waals surface area (Å²) in [5, 5.41) is 11.0. The minimum Gasteiger partial charge on any atom is -0.454 e. The smallest absolute Gasteiger partial charge is 0.338 e. The Labute approximate surface area is 150 Å². The molecule has 0 N–H and O–H groups in total. The Balaban J connectivity index is 2.07. The summed E-state index contributed by atoms with van der Waals surface area (Å²) in [6, 6.07) is 10.7. The van der Waals surface area contributed by atoms with E-state index in [9.17, 15) is 19.7 Å². The lowest BCUT2D eigenvalue weighted by atomic mass is 10.1. The van der Waals surface area contributed by atoms with Crippen LogP contribution in [0, 0.1) is 10.1 Å². The summed E-state index contributed by atoms with van der Waals surface area (Å²) in [6.07, 6.45) is 1.71. The second-order valence-corrected chi connectivity index (χ2v) is 6.41.